The SMILES string of the molecule is CCNCC(C)S(=O)(=O)N1CCC(N(CC)CC)C1. The van der Waals surface area contributed by atoms with E-state index in [4.69, 9.17) is 0 Å². The van der Waals surface area contributed by atoms with Gasteiger partial charge in [-0.15, -0.1) is 0 Å². The molecule has 1 aliphatic rings. The number of rotatable bonds is 8. The molecule has 0 bridgehead atoms. The minimum Gasteiger partial charge on any atom is -0.316 e. The second-order valence-corrected chi connectivity index (χ2v) is 7.54. The highest BCUT2D eigenvalue weighted by molar-refractivity contribution is 7.89. The predicted octanol–water partition coefficient (Wildman–Crippen LogP) is 0.730. The molecular weight excluding hydrogens is 262 g/mol. The molecule has 0 aromatic heterocycles. The maximum absolute atomic E-state index is 12.5. The molecule has 0 radical (unpaired) electrons. The van der Waals surface area contributed by atoms with Crippen LogP contribution in [0.25, 0.3) is 0 Å². The van der Waals surface area contributed by atoms with E-state index >= 15 is 0 Å². The molecule has 19 heavy (non-hydrogen) atoms. The lowest BCUT2D eigenvalue weighted by Gasteiger charge is -2.27. The van der Waals surface area contributed by atoms with Crippen LogP contribution in [0.5, 0.6) is 0 Å². The summed E-state index contributed by atoms with van der Waals surface area (Å²) >= 11 is 0. The Balaban J connectivity index is 2.62. The largest absolute Gasteiger partial charge is 0.316 e. The van der Waals surface area contributed by atoms with Crippen molar-refractivity contribution in [3.63, 3.8) is 0 Å². The molecule has 5 nitrogen and oxygen atoms in total. The summed E-state index contributed by atoms with van der Waals surface area (Å²) in [6, 6.07) is 0.385. The molecule has 1 heterocycles. The monoisotopic (exact) mass is 291 g/mol. The summed E-state index contributed by atoms with van der Waals surface area (Å²) in [5, 5.41) is 2.77. The van der Waals surface area contributed by atoms with Crippen LogP contribution in [0.1, 0.15) is 34.1 Å². The average molecular weight is 291 g/mol. The van der Waals surface area contributed by atoms with Gasteiger partial charge in [-0.05, 0) is 33.0 Å². The molecule has 0 aromatic rings. The maximum Gasteiger partial charge on any atom is 0.218 e. The highest BCUT2D eigenvalue weighted by Crippen LogP contribution is 2.20. The van der Waals surface area contributed by atoms with Crippen molar-refractivity contribution >= 4 is 10.0 Å². The van der Waals surface area contributed by atoms with Gasteiger partial charge in [0.25, 0.3) is 0 Å². The van der Waals surface area contributed by atoms with E-state index < -0.39 is 10.0 Å². The Morgan fingerprint density at radius 3 is 2.47 bits per heavy atom. The molecule has 2 atom stereocenters. The lowest BCUT2D eigenvalue weighted by molar-refractivity contribution is 0.224. The topological polar surface area (TPSA) is 52.7 Å². The molecule has 6 heteroatoms. The third-order valence-electron chi connectivity index (χ3n) is 4.01. The summed E-state index contributed by atoms with van der Waals surface area (Å²) in [6.45, 7) is 12.7. The number of hydrogen-bond donors (Lipinski definition) is 1. The molecule has 1 aliphatic heterocycles. The van der Waals surface area contributed by atoms with Crippen LogP contribution in [0.15, 0.2) is 0 Å². The van der Waals surface area contributed by atoms with Crippen LogP contribution in [0.4, 0.5) is 0 Å². The fourth-order valence-corrected chi connectivity index (χ4v) is 4.26. The van der Waals surface area contributed by atoms with Gasteiger partial charge < -0.3 is 5.32 Å². The zero-order valence-corrected chi connectivity index (χ0v) is 13.5. The normalized spacial score (nSPS) is 23.1. The van der Waals surface area contributed by atoms with E-state index in [0.29, 0.717) is 25.7 Å². The standard InChI is InChI=1S/C13H29N3O2S/c1-5-14-10-12(4)19(17,18)16-9-8-13(11-16)15(6-2)7-3/h12-14H,5-11H2,1-4H3. The van der Waals surface area contributed by atoms with Crippen molar-refractivity contribution in [1.82, 2.24) is 14.5 Å². The summed E-state index contributed by atoms with van der Waals surface area (Å²) in [5.74, 6) is 0. The zero-order chi connectivity index (χ0) is 14.5. The van der Waals surface area contributed by atoms with E-state index in [1.807, 2.05) is 6.92 Å². The first-order chi connectivity index (χ1) is 8.97. The van der Waals surface area contributed by atoms with E-state index in [1.54, 1.807) is 11.2 Å². The first-order valence-electron chi connectivity index (χ1n) is 7.41. The average Bonchev–Trinajstić information content (AvgIpc) is 2.87. The number of nitrogens with zero attached hydrogens (tertiary/aromatic N) is 2. The van der Waals surface area contributed by atoms with E-state index in [0.717, 1.165) is 26.1 Å². The van der Waals surface area contributed by atoms with Crippen LogP contribution in [0.3, 0.4) is 0 Å². The van der Waals surface area contributed by atoms with Crippen molar-refractivity contribution in [3.8, 4) is 0 Å². The Bertz CT molecular complexity index is 355. The van der Waals surface area contributed by atoms with Gasteiger partial charge in [-0.1, -0.05) is 20.8 Å². The van der Waals surface area contributed by atoms with Crippen LogP contribution in [-0.2, 0) is 10.0 Å². The third-order valence-corrected chi connectivity index (χ3v) is 6.24. The number of nitrogens with one attached hydrogen (secondary N) is 1. The molecule has 1 saturated heterocycles. The lowest BCUT2D eigenvalue weighted by Crippen LogP contribution is -2.43. The summed E-state index contributed by atoms with van der Waals surface area (Å²) in [6.07, 6.45) is 0.953. The summed E-state index contributed by atoms with van der Waals surface area (Å²) in [7, 11) is -3.15. The minimum absolute atomic E-state index is 0.345. The predicted molar refractivity (Wildman–Crippen MR) is 79.8 cm³/mol. The van der Waals surface area contributed by atoms with Crippen molar-refractivity contribution in [3.05, 3.63) is 0 Å². The number of sulfonamides is 1. The van der Waals surface area contributed by atoms with Gasteiger partial charge >= 0.3 is 0 Å². The molecule has 0 aromatic carbocycles. The number of likely N-dealkylation sites (N-methyl/N-ethyl adjacent to an activating group) is 1. The van der Waals surface area contributed by atoms with E-state index in [2.05, 4.69) is 24.1 Å². The molecule has 1 rings (SSSR count). The van der Waals surface area contributed by atoms with Gasteiger partial charge in [0.2, 0.25) is 10.0 Å². The van der Waals surface area contributed by atoms with Gasteiger partial charge in [0.15, 0.2) is 0 Å². The summed E-state index contributed by atoms with van der Waals surface area (Å²) < 4.78 is 26.6. The van der Waals surface area contributed by atoms with Gasteiger partial charge in [0, 0.05) is 25.7 Å². The van der Waals surface area contributed by atoms with Crippen LogP contribution < -0.4 is 5.32 Å². The molecule has 0 amide bonds. The van der Waals surface area contributed by atoms with Crippen molar-refractivity contribution in [1.29, 1.82) is 0 Å². The molecule has 0 aliphatic carbocycles. The van der Waals surface area contributed by atoms with Crippen molar-refractivity contribution in [2.75, 3.05) is 39.3 Å². The molecule has 114 valence electrons. The van der Waals surface area contributed by atoms with Crippen LogP contribution >= 0.6 is 0 Å². The Morgan fingerprint density at radius 2 is 1.95 bits per heavy atom. The summed E-state index contributed by atoms with van der Waals surface area (Å²) in [5.41, 5.74) is 0. The molecular formula is C13H29N3O2S. The first kappa shape index (κ1) is 16.9. The minimum atomic E-state index is -3.15. The van der Waals surface area contributed by atoms with Crippen molar-refractivity contribution < 1.29 is 8.42 Å². The van der Waals surface area contributed by atoms with Gasteiger partial charge in [-0.3, -0.25) is 4.90 Å². The Morgan fingerprint density at radius 1 is 1.32 bits per heavy atom. The van der Waals surface area contributed by atoms with E-state index in [9.17, 15) is 8.42 Å². The molecule has 1 fully saturated rings. The number of hydrogen-bond acceptors (Lipinski definition) is 4. The lowest BCUT2D eigenvalue weighted by atomic mass is 10.2. The Hall–Kier alpha value is -0.170. The first-order valence-corrected chi connectivity index (χ1v) is 8.91. The zero-order valence-electron chi connectivity index (χ0n) is 12.7. The smallest absolute Gasteiger partial charge is 0.218 e. The molecule has 1 N–H and O–H groups in total. The van der Waals surface area contributed by atoms with Gasteiger partial charge in [0.1, 0.15) is 0 Å². The van der Waals surface area contributed by atoms with Crippen LogP contribution in [0.2, 0.25) is 0 Å². The molecule has 0 saturated carbocycles. The van der Waals surface area contributed by atoms with Gasteiger partial charge in [0.05, 0.1) is 5.25 Å². The molecule has 2 unspecified atom stereocenters. The Labute approximate surface area is 118 Å². The van der Waals surface area contributed by atoms with E-state index in [-0.39, 0.29) is 5.25 Å². The van der Waals surface area contributed by atoms with Crippen LogP contribution in [-0.4, -0.2) is 68.2 Å². The van der Waals surface area contributed by atoms with Crippen LogP contribution in [0, 0.1) is 0 Å². The van der Waals surface area contributed by atoms with Gasteiger partial charge in [-0.25, -0.2) is 12.7 Å². The summed E-state index contributed by atoms with van der Waals surface area (Å²) in [4.78, 5) is 2.35. The van der Waals surface area contributed by atoms with Crippen molar-refractivity contribution in [2.45, 2.75) is 45.4 Å². The highest BCUT2D eigenvalue weighted by Gasteiger charge is 2.36. The van der Waals surface area contributed by atoms with E-state index in [1.165, 1.54) is 0 Å². The highest BCUT2D eigenvalue weighted by atomic mass is 32.2. The fraction of sp³-hybridized carbons (Fsp3) is 1.00. The molecule has 0 spiro atoms. The second kappa shape index (κ2) is 7.57. The quantitative estimate of drug-likeness (QED) is 0.716. The Kier molecular flexibility index (Phi) is 6.73. The second-order valence-electron chi connectivity index (χ2n) is 5.18. The van der Waals surface area contributed by atoms with Gasteiger partial charge in [-0.2, -0.15) is 0 Å². The third kappa shape index (κ3) is 4.15. The van der Waals surface area contributed by atoms with Crippen molar-refractivity contribution in [2.24, 2.45) is 0 Å². The fourth-order valence-electron chi connectivity index (χ4n) is 2.69. The maximum atomic E-state index is 12.5.